The lowest BCUT2D eigenvalue weighted by molar-refractivity contribution is -0.131. The van der Waals surface area contributed by atoms with Gasteiger partial charge in [0.2, 0.25) is 0 Å². The molecule has 2 aromatic carbocycles. The third kappa shape index (κ3) is 4.34. The minimum atomic E-state index is -0.328. The normalized spacial score (nSPS) is 23.2. The van der Waals surface area contributed by atoms with E-state index in [0.29, 0.717) is 23.4 Å². The predicted molar refractivity (Wildman–Crippen MR) is 104 cm³/mol. The summed E-state index contributed by atoms with van der Waals surface area (Å²) in [5.74, 6) is 0.205. The van der Waals surface area contributed by atoms with E-state index in [-0.39, 0.29) is 17.9 Å². The van der Waals surface area contributed by atoms with Crippen molar-refractivity contribution in [3.8, 4) is 5.75 Å². The van der Waals surface area contributed by atoms with Gasteiger partial charge >= 0.3 is 5.97 Å². The van der Waals surface area contributed by atoms with Crippen LogP contribution in [-0.2, 0) is 4.79 Å². The van der Waals surface area contributed by atoms with Gasteiger partial charge < -0.3 is 15.4 Å². The van der Waals surface area contributed by atoms with E-state index in [9.17, 15) is 9.59 Å². The third-order valence-electron chi connectivity index (χ3n) is 5.05. The van der Waals surface area contributed by atoms with Crippen molar-refractivity contribution in [3.05, 3.63) is 54.1 Å². The minimum Gasteiger partial charge on any atom is -0.427 e. The van der Waals surface area contributed by atoms with E-state index in [1.54, 1.807) is 23.9 Å². The van der Waals surface area contributed by atoms with Gasteiger partial charge in [0.05, 0.1) is 0 Å². The number of amides is 1. The van der Waals surface area contributed by atoms with E-state index >= 15 is 0 Å². The van der Waals surface area contributed by atoms with Crippen molar-refractivity contribution in [1.82, 2.24) is 10.6 Å². The van der Waals surface area contributed by atoms with Gasteiger partial charge in [0, 0.05) is 40.4 Å². The Morgan fingerprint density at radius 3 is 2.26 bits per heavy atom. The fourth-order valence-corrected chi connectivity index (χ4v) is 4.60. The molecule has 3 unspecified atom stereocenters. The first-order valence-electron chi connectivity index (χ1n) is 9.20. The molecular formula is C21H22N2O3S. The lowest BCUT2D eigenvalue weighted by atomic mass is 9.95. The maximum absolute atomic E-state index is 12.5. The second kappa shape index (κ2) is 7.74. The molecule has 2 saturated heterocycles. The van der Waals surface area contributed by atoms with Gasteiger partial charge in [-0.3, -0.25) is 9.59 Å². The van der Waals surface area contributed by atoms with Crippen LogP contribution in [0, 0.1) is 0 Å². The SMILES string of the molecule is CC(=O)Oc1ccc(Sc2ccc(C(=O)NC3CC4CCC3N4)cc2)cc1. The Kier molecular flexibility index (Phi) is 5.18. The van der Waals surface area contributed by atoms with Crippen LogP contribution in [0.25, 0.3) is 0 Å². The molecule has 1 amide bonds. The van der Waals surface area contributed by atoms with Crippen molar-refractivity contribution in [2.45, 2.75) is 54.1 Å². The quantitative estimate of drug-likeness (QED) is 0.613. The molecule has 6 heteroatoms. The largest absolute Gasteiger partial charge is 0.427 e. The van der Waals surface area contributed by atoms with Crippen molar-refractivity contribution in [1.29, 1.82) is 0 Å². The zero-order valence-electron chi connectivity index (χ0n) is 15.1. The minimum absolute atomic E-state index is 0.00312. The van der Waals surface area contributed by atoms with Crippen molar-refractivity contribution < 1.29 is 14.3 Å². The molecule has 2 aliphatic heterocycles. The van der Waals surface area contributed by atoms with Crippen molar-refractivity contribution >= 4 is 23.6 Å². The highest BCUT2D eigenvalue weighted by molar-refractivity contribution is 7.99. The summed E-state index contributed by atoms with van der Waals surface area (Å²) >= 11 is 1.60. The van der Waals surface area contributed by atoms with Crippen LogP contribution in [0.1, 0.15) is 36.5 Å². The fraction of sp³-hybridized carbons (Fsp3) is 0.333. The molecule has 2 bridgehead atoms. The second-order valence-electron chi connectivity index (χ2n) is 7.05. The zero-order valence-corrected chi connectivity index (χ0v) is 15.9. The number of fused-ring (bicyclic) bond motifs is 2. The molecule has 2 aromatic rings. The van der Waals surface area contributed by atoms with E-state index in [1.165, 1.54) is 13.3 Å². The summed E-state index contributed by atoms with van der Waals surface area (Å²) in [6, 6.07) is 16.3. The number of nitrogens with one attached hydrogen (secondary N) is 2. The first-order valence-corrected chi connectivity index (χ1v) is 10.0. The first-order chi connectivity index (χ1) is 13.1. The Morgan fingerprint density at radius 2 is 1.70 bits per heavy atom. The van der Waals surface area contributed by atoms with Gasteiger partial charge in [0.1, 0.15) is 5.75 Å². The van der Waals surface area contributed by atoms with Crippen molar-refractivity contribution in [2.24, 2.45) is 0 Å². The molecule has 0 radical (unpaired) electrons. The van der Waals surface area contributed by atoms with Crippen LogP contribution < -0.4 is 15.4 Å². The first kappa shape index (κ1) is 18.1. The molecule has 0 aliphatic carbocycles. The Bertz CT molecular complexity index is 836. The Labute approximate surface area is 162 Å². The van der Waals surface area contributed by atoms with Crippen LogP contribution in [0.15, 0.2) is 58.3 Å². The maximum Gasteiger partial charge on any atom is 0.308 e. The average molecular weight is 382 g/mol. The second-order valence-corrected chi connectivity index (χ2v) is 8.20. The van der Waals surface area contributed by atoms with E-state index in [0.717, 1.165) is 22.6 Å². The molecule has 2 aliphatic rings. The fourth-order valence-electron chi connectivity index (χ4n) is 3.79. The van der Waals surface area contributed by atoms with Crippen LogP contribution in [0.2, 0.25) is 0 Å². The summed E-state index contributed by atoms with van der Waals surface area (Å²) in [6.45, 7) is 1.38. The number of ether oxygens (including phenoxy) is 1. The van der Waals surface area contributed by atoms with Crippen LogP contribution in [0.5, 0.6) is 5.75 Å². The summed E-state index contributed by atoms with van der Waals surface area (Å²) in [7, 11) is 0. The molecule has 27 heavy (non-hydrogen) atoms. The molecule has 0 spiro atoms. The number of benzene rings is 2. The van der Waals surface area contributed by atoms with E-state index in [1.807, 2.05) is 36.4 Å². The van der Waals surface area contributed by atoms with Gasteiger partial charge in [-0.15, -0.1) is 0 Å². The number of carbonyl (C=O) groups excluding carboxylic acids is 2. The van der Waals surface area contributed by atoms with Crippen molar-refractivity contribution in [3.63, 3.8) is 0 Å². The molecule has 5 nitrogen and oxygen atoms in total. The van der Waals surface area contributed by atoms with Gasteiger partial charge in [-0.05, 0) is 67.8 Å². The van der Waals surface area contributed by atoms with Crippen LogP contribution >= 0.6 is 11.8 Å². The summed E-state index contributed by atoms with van der Waals surface area (Å²) in [6.07, 6.45) is 3.42. The predicted octanol–water partition coefficient (Wildman–Crippen LogP) is 3.39. The summed E-state index contributed by atoms with van der Waals surface area (Å²) in [5.41, 5.74) is 0.687. The number of hydrogen-bond acceptors (Lipinski definition) is 5. The highest BCUT2D eigenvalue weighted by Crippen LogP contribution is 2.30. The summed E-state index contributed by atoms with van der Waals surface area (Å²) in [5, 5.41) is 6.71. The molecule has 0 aromatic heterocycles. The molecule has 3 atom stereocenters. The van der Waals surface area contributed by atoms with Gasteiger partial charge in [0.25, 0.3) is 5.91 Å². The van der Waals surface area contributed by atoms with Crippen LogP contribution in [0.4, 0.5) is 0 Å². The molecular weight excluding hydrogens is 360 g/mol. The molecule has 0 saturated carbocycles. The zero-order chi connectivity index (χ0) is 18.8. The number of carbonyl (C=O) groups is 2. The maximum atomic E-state index is 12.5. The van der Waals surface area contributed by atoms with E-state index < -0.39 is 0 Å². The van der Waals surface area contributed by atoms with Gasteiger partial charge in [-0.1, -0.05) is 11.8 Å². The van der Waals surface area contributed by atoms with Crippen molar-refractivity contribution in [2.75, 3.05) is 0 Å². The molecule has 2 heterocycles. The molecule has 2 fully saturated rings. The Morgan fingerprint density at radius 1 is 1.04 bits per heavy atom. The highest BCUT2D eigenvalue weighted by atomic mass is 32.2. The van der Waals surface area contributed by atoms with Gasteiger partial charge in [-0.25, -0.2) is 0 Å². The number of esters is 1. The smallest absolute Gasteiger partial charge is 0.308 e. The lowest BCUT2D eigenvalue weighted by Gasteiger charge is -2.21. The Balaban J connectivity index is 1.34. The molecule has 4 rings (SSSR count). The monoisotopic (exact) mass is 382 g/mol. The summed E-state index contributed by atoms with van der Waals surface area (Å²) in [4.78, 5) is 25.5. The average Bonchev–Trinajstić information content (AvgIpc) is 3.26. The van der Waals surface area contributed by atoms with Gasteiger partial charge in [0.15, 0.2) is 0 Å². The number of hydrogen-bond donors (Lipinski definition) is 2. The van der Waals surface area contributed by atoms with E-state index in [2.05, 4.69) is 10.6 Å². The third-order valence-corrected chi connectivity index (χ3v) is 6.07. The van der Waals surface area contributed by atoms with Crippen LogP contribution in [-0.4, -0.2) is 30.0 Å². The van der Waals surface area contributed by atoms with E-state index in [4.69, 9.17) is 4.74 Å². The topological polar surface area (TPSA) is 67.4 Å². The highest BCUT2D eigenvalue weighted by Gasteiger charge is 2.39. The lowest BCUT2D eigenvalue weighted by Crippen LogP contribution is -2.42. The van der Waals surface area contributed by atoms with Crippen LogP contribution in [0.3, 0.4) is 0 Å². The van der Waals surface area contributed by atoms with Gasteiger partial charge in [-0.2, -0.15) is 0 Å². The number of rotatable bonds is 5. The molecule has 140 valence electrons. The Hall–Kier alpha value is -2.31. The standard InChI is InChI=1S/C21H22N2O3S/c1-13(24)26-16-5-9-18(10-6-16)27-17-7-2-14(3-8-17)21(25)23-20-12-15-4-11-19(20)22-15/h2-3,5-10,15,19-20,22H,4,11-12H2,1H3,(H,23,25). The molecule has 2 N–H and O–H groups in total. The summed E-state index contributed by atoms with van der Waals surface area (Å²) < 4.78 is 5.04.